The summed E-state index contributed by atoms with van der Waals surface area (Å²) in [6, 6.07) is 16.8. The van der Waals surface area contributed by atoms with Crippen molar-refractivity contribution in [2.24, 2.45) is 0 Å². The molecule has 0 aliphatic rings. The SMILES string of the molecule is CC(C)N(CC(=O)NCc1ccccc1F)Cc1ccccc1. The zero-order valence-corrected chi connectivity index (χ0v) is 13.6. The monoisotopic (exact) mass is 314 g/mol. The summed E-state index contributed by atoms with van der Waals surface area (Å²) in [7, 11) is 0. The van der Waals surface area contributed by atoms with Crippen LogP contribution in [0.4, 0.5) is 4.39 Å². The summed E-state index contributed by atoms with van der Waals surface area (Å²) in [4.78, 5) is 14.2. The van der Waals surface area contributed by atoms with Gasteiger partial charge >= 0.3 is 0 Å². The van der Waals surface area contributed by atoms with Crippen molar-refractivity contribution < 1.29 is 9.18 Å². The van der Waals surface area contributed by atoms with Gasteiger partial charge in [-0.1, -0.05) is 48.5 Å². The fourth-order valence-corrected chi connectivity index (χ4v) is 2.31. The van der Waals surface area contributed by atoms with Crippen LogP contribution in [0.1, 0.15) is 25.0 Å². The van der Waals surface area contributed by atoms with E-state index in [9.17, 15) is 9.18 Å². The number of halogens is 1. The minimum atomic E-state index is -0.294. The van der Waals surface area contributed by atoms with Gasteiger partial charge in [-0.05, 0) is 25.5 Å². The normalized spacial score (nSPS) is 11.0. The van der Waals surface area contributed by atoms with Crippen molar-refractivity contribution in [2.45, 2.75) is 33.0 Å². The number of hydrogen-bond acceptors (Lipinski definition) is 2. The van der Waals surface area contributed by atoms with Crippen LogP contribution in [0.25, 0.3) is 0 Å². The van der Waals surface area contributed by atoms with Crippen LogP contribution >= 0.6 is 0 Å². The fourth-order valence-electron chi connectivity index (χ4n) is 2.31. The molecule has 0 saturated carbocycles. The van der Waals surface area contributed by atoms with Crippen molar-refractivity contribution in [3.63, 3.8) is 0 Å². The molecule has 2 aromatic carbocycles. The molecule has 4 heteroatoms. The molecule has 0 radical (unpaired) electrons. The fraction of sp³-hybridized carbons (Fsp3) is 0.316. The molecule has 0 aromatic heterocycles. The third kappa shape index (κ3) is 5.49. The van der Waals surface area contributed by atoms with Gasteiger partial charge in [0.15, 0.2) is 0 Å². The van der Waals surface area contributed by atoms with Crippen LogP contribution in [-0.2, 0) is 17.9 Å². The number of carbonyl (C=O) groups is 1. The van der Waals surface area contributed by atoms with Gasteiger partial charge in [0.05, 0.1) is 6.54 Å². The Balaban J connectivity index is 1.89. The largest absolute Gasteiger partial charge is 0.351 e. The van der Waals surface area contributed by atoms with Crippen LogP contribution in [-0.4, -0.2) is 23.4 Å². The first-order valence-corrected chi connectivity index (χ1v) is 7.84. The van der Waals surface area contributed by atoms with Gasteiger partial charge in [-0.25, -0.2) is 4.39 Å². The van der Waals surface area contributed by atoms with Crippen LogP contribution in [0, 0.1) is 5.82 Å². The van der Waals surface area contributed by atoms with E-state index >= 15 is 0 Å². The molecule has 122 valence electrons. The standard InChI is InChI=1S/C19H23FN2O/c1-15(2)22(13-16-8-4-3-5-9-16)14-19(23)21-12-17-10-6-7-11-18(17)20/h3-11,15H,12-14H2,1-2H3,(H,21,23). The molecule has 2 rings (SSSR count). The van der Waals surface area contributed by atoms with E-state index in [2.05, 4.69) is 24.1 Å². The molecule has 0 atom stereocenters. The van der Waals surface area contributed by atoms with Crippen LogP contribution < -0.4 is 5.32 Å². The Morgan fingerprint density at radius 2 is 1.74 bits per heavy atom. The summed E-state index contributed by atoms with van der Waals surface area (Å²) in [5.41, 5.74) is 1.67. The average Bonchev–Trinajstić information content (AvgIpc) is 2.54. The quantitative estimate of drug-likeness (QED) is 0.850. The second-order valence-electron chi connectivity index (χ2n) is 5.85. The molecule has 0 bridgehead atoms. The van der Waals surface area contributed by atoms with Crippen molar-refractivity contribution in [1.82, 2.24) is 10.2 Å². The summed E-state index contributed by atoms with van der Waals surface area (Å²) in [5.74, 6) is -0.393. The molecule has 0 saturated heterocycles. The van der Waals surface area contributed by atoms with E-state index in [1.165, 1.54) is 11.6 Å². The highest BCUT2D eigenvalue weighted by atomic mass is 19.1. The highest BCUT2D eigenvalue weighted by Crippen LogP contribution is 2.08. The maximum Gasteiger partial charge on any atom is 0.234 e. The zero-order chi connectivity index (χ0) is 16.7. The van der Waals surface area contributed by atoms with E-state index in [1.807, 2.05) is 30.3 Å². The molecule has 0 aliphatic heterocycles. The van der Waals surface area contributed by atoms with Crippen molar-refractivity contribution in [1.29, 1.82) is 0 Å². The Labute approximate surface area is 137 Å². The second kappa shape index (κ2) is 8.44. The molecular weight excluding hydrogens is 291 g/mol. The maximum absolute atomic E-state index is 13.6. The van der Waals surface area contributed by atoms with Crippen LogP contribution in [0.5, 0.6) is 0 Å². The lowest BCUT2D eigenvalue weighted by Crippen LogP contribution is -2.40. The first-order valence-electron chi connectivity index (χ1n) is 7.84. The minimum absolute atomic E-state index is 0.0992. The van der Waals surface area contributed by atoms with Crippen LogP contribution in [0.2, 0.25) is 0 Å². The first-order chi connectivity index (χ1) is 11.1. The minimum Gasteiger partial charge on any atom is -0.351 e. The summed E-state index contributed by atoms with van der Waals surface area (Å²) >= 11 is 0. The van der Waals surface area contributed by atoms with E-state index in [0.717, 1.165) is 0 Å². The summed E-state index contributed by atoms with van der Waals surface area (Å²) in [6.07, 6.45) is 0. The van der Waals surface area contributed by atoms with E-state index in [-0.39, 0.29) is 24.3 Å². The van der Waals surface area contributed by atoms with Gasteiger partial charge < -0.3 is 5.32 Å². The maximum atomic E-state index is 13.6. The molecule has 23 heavy (non-hydrogen) atoms. The lowest BCUT2D eigenvalue weighted by Gasteiger charge is -2.26. The number of amides is 1. The summed E-state index contributed by atoms with van der Waals surface area (Å²) < 4.78 is 13.6. The Morgan fingerprint density at radius 1 is 1.09 bits per heavy atom. The highest BCUT2D eigenvalue weighted by Gasteiger charge is 2.14. The smallest absolute Gasteiger partial charge is 0.234 e. The molecule has 0 heterocycles. The third-order valence-corrected chi connectivity index (χ3v) is 3.74. The Kier molecular flexibility index (Phi) is 6.29. The predicted molar refractivity (Wildman–Crippen MR) is 90.2 cm³/mol. The predicted octanol–water partition coefficient (Wildman–Crippen LogP) is 3.35. The van der Waals surface area contributed by atoms with Crippen LogP contribution in [0.15, 0.2) is 54.6 Å². The van der Waals surface area contributed by atoms with E-state index in [0.29, 0.717) is 18.7 Å². The topological polar surface area (TPSA) is 32.3 Å². The lowest BCUT2D eigenvalue weighted by molar-refractivity contribution is -0.123. The van der Waals surface area contributed by atoms with Gasteiger partial charge in [0.1, 0.15) is 5.82 Å². The molecule has 0 spiro atoms. The van der Waals surface area contributed by atoms with Crippen LogP contribution in [0.3, 0.4) is 0 Å². The van der Waals surface area contributed by atoms with Gasteiger partial charge in [-0.15, -0.1) is 0 Å². The lowest BCUT2D eigenvalue weighted by atomic mass is 10.2. The van der Waals surface area contributed by atoms with E-state index in [4.69, 9.17) is 0 Å². The second-order valence-corrected chi connectivity index (χ2v) is 5.85. The molecule has 1 amide bonds. The van der Waals surface area contributed by atoms with Crippen molar-refractivity contribution in [2.75, 3.05) is 6.54 Å². The number of benzene rings is 2. The molecule has 2 aromatic rings. The van der Waals surface area contributed by atoms with Gasteiger partial charge in [-0.2, -0.15) is 0 Å². The van der Waals surface area contributed by atoms with Gasteiger partial charge in [0.25, 0.3) is 0 Å². The number of rotatable bonds is 7. The number of carbonyl (C=O) groups excluding carboxylic acids is 1. The molecule has 0 unspecified atom stereocenters. The number of nitrogens with zero attached hydrogens (tertiary/aromatic N) is 1. The molecule has 1 N–H and O–H groups in total. The molecular formula is C19H23FN2O. The first kappa shape index (κ1) is 17.2. The Bertz CT molecular complexity index is 628. The van der Waals surface area contributed by atoms with E-state index < -0.39 is 0 Å². The van der Waals surface area contributed by atoms with Gasteiger partial charge in [0, 0.05) is 24.7 Å². The zero-order valence-electron chi connectivity index (χ0n) is 13.6. The van der Waals surface area contributed by atoms with Crippen molar-refractivity contribution >= 4 is 5.91 Å². The van der Waals surface area contributed by atoms with E-state index in [1.54, 1.807) is 18.2 Å². The van der Waals surface area contributed by atoms with Crippen molar-refractivity contribution in [3.8, 4) is 0 Å². The molecule has 0 fully saturated rings. The molecule has 0 aliphatic carbocycles. The highest BCUT2D eigenvalue weighted by molar-refractivity contribution is 5.78. The average molecular weight is 314 g/mol. The summed E-state index contributed by atoms with van der Waals surface area (Å²) in [6.45, 7) is 5.34. The van der Waals surface area contributed by atoms with Gasteiger partial charge in [0.2, 0.25) is 5.91 Å². The number of hydrogen-bond donors (Lipinski definition) is 1. The van der Waals surface area contributed by atoms with Gasteiger partial charge in [-0.3, -0.25) is 9.69 Å². The molecule has 3 nitrogen and oxygen atoms in total. The Hall–Kier alpha value is -2.20. The van der Waals surface area contributed by atoms with Crippen molar-refractivity contribution in [3.05, 3.63) is 71.5 Å². The number of nitrogens with one attached hydrogen (secondary N) is 1. The summed E-state index contributed by atoms with van der Waals surface area (Å²) in [5, 5.41) is 2.79. The Morgan fingerprint density at radius 3 is 2.39 bits per heavy atom. The third-order valence-electron chi connectivity index (χ3n) is 3.74.